The van der Waals surface area contributed by atoms with Crippen molar-refractivity contribution in [3.63, 3.8) is 0 Å². The number of aromatic amines is 1. The summed E-state index contributed by atoms with van der Waals surface area (Å²) >= 11 is 0. The molecule has 1 aromatic carbocycles. The maximum atomic E-state index is 12.8. The number of nitrogens with zero attached hydrogens (tertiary/aromatic N) is 1. The summed E-state index contributed by atoms with van der Waals surface area (Å²) in [6.45, 7) is 2.83. The van der Waals surface area contributed by atoms with Gasteiger partial charge >= 0.3 is 0 Å². The van der Waals surface area contributed by atoms with Gasteiger partial charge in [0.1, 0.15) is 5.82 Å². The van der Waals surface area contributed by atoms with Crippen LogP contribution in [0, 0.1) is 0 Å². The van der Waals surface area contributed by atoms with Gasteiger partial charge in [0.15, 0.2) is 14.6 Å². The third-order valence-corrected chi connectivity index (χ3v) is 6.71. The first-order chi connectivity index (χ1) is 11.3. The third-order valence-electron chi connectivity index (χ3n) is 4.70. The summed E-state index contributed by atoms with van der Waals surface area (Å²) in [4.78, 5) is 20.4. The second kappa shape index (κ2) is 6.18. The summed E-state index contributed by atoms with van der Waals surface area (Å²) in [7, 11) is -3.52. The fourth-order valence-electron chi connectivity index (χ4n) is 3.17. The zero-order chi connectivity index (χ0) is 17.4. The van der Waals surface area contributed by atoms with Crippen LogP contribution in [0.25, 0.3) is 11.0 Å². The number of amides is 1. The number of H-pyrrole nitrogens is 1. The van der Waals surface area contributed by atoms with Crippen molar-refractivity contribution in [3.8, 4) is 0 Å². The number of fused-ring (bicyclic) bond motifs is 1. The number of sulfone groups is 1. The fourth-order valence-corrected chi connectivity index (χ4v) is 4.51. The molecule has 0 saturated carbocycles. The number of imidazole rings is 1. The van der Waals surface area contributed by atoms with Crippen LogP contribution in [0.2, 0.25) is 0 Å². The molecule has 3 rings (SSSR count). The molecule has 1 aromatic heterocycles. The van der Waals surface area contributed by atoms with E-state index >= 15 is 0 Å². The predicted molar refractivity (Wildman–Crippen MR) is 92.3 cm³/mol. The number of aromatic nitrogens is 2. The van der Waals surface area contributed by atoms with Crippen LogP contribution in [0.15, 0.2) is 24.3 Å². The Bertz CT molecular complexity index is 820. The lowest BCUT2D eigenvalue weighted by atomic mass is 9.95. The van der Waals surface area contributed by atoms with Crippen molar-refractivity contribution < 1.29 is 13.2 Å². The summed E-state index contributed by atoms with van der Waals surface area (Å²) in [5.74, 6) is 0.168. The highest BCUT2D eigenvalue weighted by Crippen LogP contribution is 2.29. The van der Waals surface area contributed by atoms with Crippen LogP contribution in [-0.2, 0) is 14.6 Å². The molecule has 1 unspecified atom stereocenters. The van der Waals surface area contributed by atoms with Crippen molar-refractivity contribution in [3.05, 3.63) is 30.1 Å². The number of hydrogen-bond acceptors (Lipinski definition) is 5. The van der Waals surface area contributed by atoms with Gasteiger partial charge in [-0.25, -0.2) is 13.4 Å². The molecule has 0 bridgehead atoms. The van der Waals surface area contributed by atoms with Crippen molar-refractivity contribution in [2.45, 2.75) is 30.6 Å². The molecule has 1 fully saturated rings. The Hall–Kier alpha value is -1.93. The van der Waals surface area contributed by atoms with Crippen LogP contribution >= 0.6 is 0 Å². The van der Waals surface area contributed by atoms with Gasteiger partial charge in [0, 0.05) is 6.26 Å². The van der Waals surface area contributed by atoms with Crippen LogP contribution in [0.5, 0.6) is 0 Å². The van der Waals surface area contributed by atoms with Crippen molar-refractivity contribution in [2.24, 2.45) is 0 Å². The zero-order valence-electron chi connectivity index (χ0n) is 13.8. The Balaban J connectivity index is 1.84. The molecule has 0 aliphatic carbocycles. The lowest BCUT2D eigenvalue weighted by Crippen LogP contribution is -2.57. The van der Waals surface area contributed by atoms with Gasteiger partial charge in [0.2, 0.25) is 5.91 Å². The summed E-state index contributed by atoms with van der Waals surface area (Å²) in [5, 5.41) is 5.94. The highest BCUT2D eigenvalue weighted by molar-refractivity contribution is 7.92. The van der Waals surface area contributed by atoms with Gasteiger partial charge in [0.25, 0.3) is 0 Å². The summed E-state index contributed by atoms with van der Waals surface area (Å²) in [6, 6.07) is 7.18. The van der Waals surface area contributed by atoms with E-state index in [4.69, 9.17) is 0 Å². The molecule has 0 spiro atoms. The minimum atomic E-state index is -3.52. The van der Waals surface area contributed by atoms with E-state index in [1.165, 1.54) is 0 Å². The average molecular weight is 350 g/mol. The standard InChI is InChI=1S/C16H22N4O3S/c1-11(14-19-12-5-3-4-6-13(12)20-14)18-15(21)16(24(2,22)23)7-9-17-10-8-16/h3-6,11,17H,7-10H2,1-2H3,(H,18,21)(H,19,20). The average Bonchev–Trinajstić information content (AvgIpc) is 2.98. The van der Waals surface area contributed by atoms with Gasteiger partial charge in [-0.3, -0.25) is 4.79 Å². The molecule has 1 saturated heterocycles. The fraction of sp³-hybridized carbons (Fsp3) is 0.500. The molecule has 1 amide bonds. The Morgan fingerprint density at radius 2 is 1.96 bits per heavy atom. The smallest absolute Gasteiger partial charge is 0.242 e. The van der Waals surface area contributed by atoms with Crippen LogP contribution in [-0.4, -0.2) is 48.4 Å². The van der Waals surface area contributed by atoms with Crippen LogP contribution < -0.4 is 10.6 Å². The van der Waals surface area contributed by atoms with E-state index < -0.39 is 26.5 Å². The second-order valence-corrected chi connectivity index (χ2v) is 8.68. The maximum Gasteiger partial charge on any atom is 0.242 e. The van der Waals surface area contributed by atoms with Crippen molar-refractivity contribution in [2.75, 3.05) is 19.3 Å². The van der Waals surface area contributed by atoms with E-state index in [0.717, 1.165) is 17.3 Å². The van der Waals surface area contributed by atoms with Gasteiger partial charge < -0.3 is 15.6 Å². The van der Waals surface area contributed by atoms with Crippen LogP contribution in [0.1, 0.15) is 31.6 Å². The number of carbonyl (C=O) groups is 1. The zero-order valence-corrected chi connectivity index (χ0v) is 14.6. The van der Waals surface area contributed by atoms with E-state index in [-0.39, 0.29) is 12.8 Å². The number of carbonyl (C=O) groups excluding carboxylic acids is 1. The topological polar surface area (TPSA) is 104 Å². The minimum absolute atomic E-state index is 0.282. The molecule has 2 heterocycles. The van der Waals surface area contributed by atoms with Crippen molar-refractivity contribution >= 4 is 26.8 Å². The molecule has 24 heavy (non-hydrogen) atoms. The van der Waals surface area contributed by atoms with E-state index in [2.05, 4.69) is 20.6 Å². The molecule has 1 aliphatic rings. The number of piperidine rings is 1. The highest BCUT2D eigenvalue weighted by Gasteiger charge is 2.49. The Kier molecular flexibility index (Phi) is 4.35. The number of benzene rings is 1. The SMILES string of the molecule is CC(NC(=O)C1(S(C)(=O)=O)CCNCC1)c1nc2ccccc2[nH]1. The van der Waals surface area contributed by atoms with E-state index in [0.29, 0.717) is 18.9 Å². The minimum Gasteiger partial charge on any atom is -0.345 e. The summed E-state index contributed by atoms with van der Waals surface area (Å²) < 4.78 is 23.2. The molecule has 1 aliphatic heterocycles. The van der Waals surface area contributed by atoms with Crippen molar-refractivity contribution in [1.29, 1.82) is 0 Å². The molecule has 0 radical (unpaired) electrons. The summed E-state index contributed by atoms with van der Waals surface area (Å²) in [6.07, 6.45) is 1.71. The molecule has 2 aromatic rings. The lowest BCUT2D eigenvalue weighted by Gasteiger charge is -2.35. The van der Waals surface area contributed by atoms with Gasteiger partial charge in [-0.05, 0) is 45.0 Å². The number of nitrogens with one attached hydrogen (secondary N) is 3. The molecule has 3 N–H and O–H groups in total. The second-order valence-electron chi connectivity index (χ2n) is 6.35. The first kappa shape index (κ1) is 16.9. The predicted octanol–water partition coefficient (Wildman–Crippen LogP) is 0.907. The number of rotatable bonds is 4. The van der Waals surface area contributed by atoms with Gasteiger partial charge in [0.05, 0.1) is 17.1 Å². The van der Waals surface area contributed by atoms with Crippen molar-refractivity contribution in [1.82, 2.24) is 20.6 Å². The molecular weight excluding hydrogens is 328 g/mol. The number of hydrogen-bond donors (Lipinski definition) is 3. The third kappa shape index (κ3) is 2.91. The molecule has 7 nitrogen and oxygen atoms in total. The molecule has 8 heteroatoms. The Morgan fingerprint density at radius 3 is 2.58 bits per heavy atom. The Morgan fingerprint density at radius 1 is 1.29 bits per heavy atom. The van der Waals surface area contributed by atoms with E-state index in [1.807, 2.05) is 24.3 Å². The first-order valence-electron chi connectivity index (χ1n) is 7.99. The maximum absolute atomic E-state index is 12.8. The largest absolute Gasteiger partial charge is 0.345 e. The van der Waals surface area contributed by atoms with Crippen LogP contribution in [0.3, 0.4) is 0 Å². The Labute approximate surface area is 141 Å². The lowest BCUT2D eigenvalue weighted by molar-refractivity contribution is -0.125. The highest BCUT2D eigenvalue weighted by atomic mass is 32.2. The molecule has 130 valence electrons. The number of para-hydroxylation sites is 2. The van der Waals surface area contributed by atoms with E-state index in [1.54, 1.807) is 6.92 Å². The molecule has 1 atom stereocenters. The summed E-state index contributed by atoms with van der Waals surface area (Å²) in [5.41, 5.74) is 1.70. The quantitative estimate of drug-likeness (QED) is 0.760. The monoisotopic (exact) mass is 350 g/mol. The van der Waals surface area contributed by atoms with Crippen LogP contribution in [0.4, 0.5) is 0 Å². The van der Waals surface area contributed by atoms with Gasteiger partial charge in [-0.2, -0.15) is 0 Å². The molecular formula is C16H22N4O3S. The first-order valence-corrected chi connectivity index (χ1v) is 9.88. The van der Waals surface area contributed by atoms with E-state index in [9.17, 15) is 13.2 Å². The van der Waals surface area contributed by atoms with Gasteiger partial charge in [-0.1, -0.05) is 12.1 Å². The normalized spacial score (nSPS) is 19.1. The van der Waals surface area contributed by atoms with Gasteiger partial charge in [-0.15, -0.1) is 0 Å².